The van der Waals surface area contributed by atoms with E-state index in [-0.39, 0.29) is 0 Å². The number of aromatic nitrogens is 2. The van der Waals surface area contributed by atoms with Crippen molar-refractivity contribution in [3.05, 3.63) is 35.7 Å². The molecule has 0 atom stereocenters. The molecule has 1 aromatic carbocycles. The second kappa shape index (κ2) is 5.04. The van der Waals surface area contributed by atoms with E-state index in [1.54, 1.807) is 0 Å². The number of aryl methyl sites for hydroxylation is 2. The van der Waals surface area contributed by atoms with Crippen LogP contribution in [0, 0.1) is 6.92 Å². The zero-order valence-electron chi connectivity index (χ0n) is 10.7. The van der Waals surface area contributed by atoms with Gasteiger partial charge in [-0.25, -0.2) is 4.98 Å². The van der Waals surface area contributed by atoms with Gasteiger partial charge in [-0.3, -0.25) is 0 Å². The average molecular weight is 229 g/mol. The van der Waals surface area contributed by atoms with Crippen LogP contribution >= 0.6 is 0 Å². The molecule has 0 unspecified atom stereocenters. The van der Waals surface area contributed by atoms with E-state index in [0.29, 0.717) is 0 Å². The molecule has 0 aliphatic carbocycles. The molecule has 90 valence electrons. The number of rotatable bonds is 4. The minimum absolute atomic E-state index is 0.961. The number of hydrogen-bond acceptors (Lipinski definition) is 2. The molecule has 0 saturated carbocycles. The van der Waals surface area contributed by atoms with Gasteiger partial charge in [0, 0.05) is 24.0 Å². The van der Waals surface area contributed by atoms with Crippen molar-refractivity contribution in [2.24, 2.45) is 0 Å². The minimum atomic E-state index is 0.961. The lowest BCUT2D eigenvalue weighted by molar-refractivity contribution is 0.883. The van der Waals surface area contributed by atoms with Gasteiger partial charge in [0.05, 0.1) is 5.69 Å². The molecular weight excluding hydrogens is 210 g/mol. The monoisotopic (exact) mass is 229 g/mol. The second-order valence-corrected chi connectivity index (χ2v) is 4.24. The van der Waals surface area contributed by atoms with Crippen molar-refractivity contribution < 1.29 is 0 Å². The molecule has 0 bridgehead atoms. The predicted octanol–water partition coefficient (Wildman–Crippen LogP) is 3.38. The molecule has 2 aromatic rings. The van der Waals surface area contributed by atoms with E-state index in [9.17, 15) is 0 Å². The van der Waals surface area contributed by atoms with Gasteiger partial charge in [0.1, 0.15) is 5.82 Å². The zero-order valence-corrected chi connectivity index (χ0v) is 10.7. The number of anilines is 1. The van der Waals surface area contributed by atoms with Crippen LogP contribution in [-0.2, 0) is 6.42 Å². The van der Waals surface area contributed by atoms with Gasteiger partial charge in [0.25, 0.3) is 0 Å². The first-order valence-corrected chi connectivity index (χ1v) is 6.08. The fourth-order valence-corrected chi connectivity index (χ4v) is 1.94. The van der Waals surface area contributed by atoms with Gasteiger partial charge in [0.2, 0.25) is 0 Å². The number of nitrogens with one attached hydrogen (secondary N) is 2. The molecular formula is C14H19N3. The summed E-state index contributed by atoms with van der Waals surface area (Å²) in [6.45, 7) is 4.26. The SMILES string of the molecule is CCCc1nc(-c2cccc(NC)c2)[nH]c1C. The molecule has 0 saturated heterocycles. The van der Waals surface area contributed by atoms with Gasteiger partial charge in [0.15, 0.2) is 0 Å². The van der Waals surface area contributed by atoms with Gasteiger partial charge in [-0.15, -0.1) is 0 Å². The van der Waals surface area contributed by atoms with Crippen LogP contribution in [0.5, 0.6) is 0 Å². The molecule has 0 amide bonds. The summed E-state index contributed by atoms with van der Waals surface area (Å²) < 4.78 is 0. The first-order chi connectivity index (χ1) is 8.24. The molecule has 0 fully saturated rings. The molecule has 0 spiro atoms. The molecule has 0 aliphatic heterocycles. The summed E-state index contributed by atoms with van der Waals surface area (Å²) in [4.78, 5) is 8.02. The summed E-state index contributed by atoms with van der Waals surface area (Å²) in [5.41, 5.74) is 4.59. The summed E-state index contributed by atoms with van der Waals surface area (Å²) in [6, 6.07) is 8.27. The quantitative estimate of drug-likeness (QED) is 0.843. The predicted molar refractivity (Wildman–Crippen MR) is 72.3 cm³/mol. The van der Waals surface area contributed by atoms with Crippen molar-refractivity contribution in [3.8, 4) is 11.4 Å². The third kappa shape index (κ3) is 2.49. The van der Waals surface area contributed by atoms with Crippen molar-refractivity contribution >= 4 is 5.69 Å². The van der Waals surface area contributed by atoms with Crippen LogP contribution in [-0.4, -0.2) is 17.0 Å². The van der Waals surface area contributed by atoms with Crippen molar-refractivity contribution in [2.45, 2.75) is 26.7 Å². The molecule has 2 rings (SSSR count). The Morgan fingerprint density at radius 3 is 2.88 bits per heavy atom. The lowest BCUT2D eigenvalue weighted by atomic mass is 10.2. The smallest absolute Gasteiger partial charge is 0.137 e. The highest BCUT2D eigenvalue weighted by Crippen LogP contribution is 2.21. The molecule has 3 heteroatoms. The number of benzene rings is 1. The normalized spacial score (nSPS) is 10.5. The number of hydrogen-bond donors (Lipinski definition) is 2. The highest BCUT2D eigenvalue weighted by atomic mass is 14.9. The third-order valence-corrected chi connectivity index (χ3v) is 2.90. The first-order valence-electron chi connectivity index (χ1n) is 6.08. The van der Waals surface area contributed by atoms with Crippen LogP contribution in [0.2, 0.25) is 0 Å². The van der Waals surface area contributed by atoms with Crippen molar-refractivity contribution in [2.75, 3.05) is 12.4 Å². The molecule has 17 heavy (non-hydrogen) atoms. The molecule has 0 aliphatic rings. The van der Waals surface area contributed by atoms with Gasteiger partial charge in [-0.2, -0.15) is 0 Å². The summed E-state index contributed by atoms with van der Waals surface area (Å²) in [6.07, 6.45) is 2.16. The standard InChI is InChI=1S/C14H19N3/c1-4-6-13-10(2)16-14(17-13)11-7-5-8-12(9-11)15-3/h5,7-9,15H,4,6H2,1-3H3,(H,16,17). The molecule has 3 nitrogen and oxygen atoms in total. The number of imidazole rings is 1. The van der Waals surface area contributed by atoms with Crippen LogP contribution in [0.1, 0.15) is 24.7 Å². The Bertz CT molecular complexity index is 500. The first kappa shape index (κ1) is 11.7. The minimum Gasteiger partial charge on any atom is -0.388 e. The fraction of sp³-hybridized carbons (Fsp3) is 0.357. The van der Waals surface area contributed by atoms with Gasteiger partial charge < -0.3 is 10.3 Å². The molecule has 1 aromatic heterocycles. The Morgan fingerprint density at radius 2 is 2.18 bits per heavy atom. The number of aromatic amines is 1. The summed E-state index contributed by atoms with van der Waals surface area (Å²) in [5, 5.41) is 3.14. The van der Waals surface area contributed by atoms with Gasteiger partial charge in [-0.05, 0) is 25.5 Å². The molecule has 0 radical (unpaired) electrons. The highest BCUT2D eigenvalue weighted by molar-refractivity contribution is 5.62. The lowest BCUT2D eigenvalue weighted by Gasteiger charge is -2.01. The van der Waals surface area contributed by atoms with E-state index in [0.717, 1.165) is 29.9 Å². The number of nitrogens with zero attached hydrogens (tertiary/aromatic N) is 1. The van der Waals surface area contributed by atoms with E-state index in [1.807, 2.05) is 19.2 Å². The summed E-state index contributed by atoms with van der Waals surface area (Å²) >= 11 is 0. The maximum absolute atomic E-state index is 4.66. The average Bonchev–Trinajstić information content (AvgIpc) is 2.72. The summed E-state index contributed by atoms with van der Waals surface area (Å²) in [5.74, 6) is 0.961. The fourth-order valence-electron chi connectivity index (χ4n) is 1.94. The van der Waals surface area contributed by atoms with Gasteiger partial charge >= 0.3 is 0 Å². The third-order valence-electron chi connectivity index (χ3n) is 2.90. The van der Waals surface area contributed by atoms with Crippen LogP contribution < -0.4 is 5.32 Å². The Balaban J connectivity index is 2.35. The highest BCUT2D eigenvalue weighted by Gasteiger charge is 2.07. The topological polar surface area (TPSA) is 40.7 Å². The molecule has 2 N–H and O–H groups in total. The van der Waals surface area contributed by atoms with Crippen molar-refractivity contribution in [1.29, 1.82) is 0 Å². The van der Waals surface area contributed by atoms with Crippen LogP contribution in [0.15, 0.2) is 24.3 Å². The van der Waals surface area contributed by atoms with Crippen LogP contribution in [0.3, 0.4) is 0 Å². The summed E-state index contributed by atoms with van der Waals surface area (Å²) in [7, 11) is 1.93. The second-order valence-electron chi connectivity index (χ2n) is 4.24. The lowest BCUT2D eigenvalue weighted by Crippen LogP contribution is -1.89. The van der Waals surface area contributed by atoms with E-state index in [2.05, 4.69) is 41.3 Å². The Labute approximate surface area is 102 Å². The number of H-pyrrole nitrogens is 1. The molecule has 1 heterocycles. The van der Waals surface area contributed by atoms with Crippen molar-refractivity contribution in [3.63, 3.8) is 0 Å². The maximum atomic E-state index is 4.66. The van der Waals surface area contributed by atoms with E-state index < -0.39 is 0 Å². The van der Waals surface area contributed by atoms with E-state index in [1.165, 1.54) is 11.4 Å². The van der Waals surface area contributed by atoms with E-state index >= 15 is 0 Å². The van der Waals surface area contributed by atoms with Crippen LogP contribution in [0.25, 0.3) is 11.4 Å². The Morgan fingerprint density at radius 1 is 1.35 bits per heavy atom. The Kier molecular flexibility index (Phi) is 3.47. The van der Waals surface area contributed by atoms with E-state index in [4.69, 9.17) is 0 Å². The maximum Gasteiger partial charge on any atom is 0.137 e. The van der Waals surface area contributed by atoms with Crippen molar-refractivity contribution in [1.82, 2.24) is 9.97 Å². The Hall–Kier alpha value is -1.77. The zero-order chi connectivity index (χ0) is 12.3. The largest absolute Gasteiger partial charge is 0.388 e. The van der Waals surface area contributed by atoms with Gasteiger partial charge in [-0.1, -0.05) is 25.5 Å². The van der Waals surface area contributed by atoms with Crippen LogP contribution in [0.4, 0.5) is 5.69 Å².